The van der Waals surface area contributed by atoms with Gasteiger partial charge in [0.1, 0.15) is 23.9 Å². The number of aryl methyl sites for hydroxylation is 1. The first-order valence-electron chi connectivity index (χ1n) is 10.8. The fourth-order valence-corrected chi connectivity index (χ4v) is 3.48. The van der Waals surface area contributed by atoms with Gasteiger partial charge in [0.2, 0.25) is 11.8 Å². The van der Waals surface area contributed by atoms with Crippen molar-refractivity contribution in [3.63, 3.8) is 0 Å². The SMILES string of the molecule is COC(=O)CCCC(=O)N(CC(=O)N(Cc1ccc(F)cc1)Cc1ccc(C)o1)C1CC1. The molecule has 0 aliphatic heterocycles. The van der Waals surface area contributed by atoms with Crippen LogP contribution in [-0.2, 0) is 32.2 Å². The lowest BCUT2D eigenvalue weighted by molar-refractivity contribution is -0.143. The minimum Gasteiger partial charge on any atom is -0.469 e. The number of carbonyl (C=O) groups is 3. The maximum atomic E-state index is 13.3. The van der Waals surface area contributed by atoms with Crippen molar-refractivity contribution in [1.82, 2.24) is 9.80 Å². The van der Waals surface area contributed by atoms with Gasteiger partial charge in [-0.15, -0.1) is 0 Å². The Hall–Kier alpha value is -3.16. The maximum absolute atomic E-state index is 13.3. The molecule has 32 heavy (non-hydrogen) atoms. The van der Waals surface area contributed by atoms with E-state index in [0.717, 1.165) is 24.2 Å². The lowest BCUT2D eigenvalue weighted by Crippen LogP contribution is -2.43. The molecule has 2 aromatic rings. The Labute approximate surface area is 187 Å². The summed E-state index contributed by atoms with van der Waals surface area (Å²) in [6, 6.07) is 9.70. The van der Waals surface area contributed by atoms with Gasteiger partial charge in [-0.25, -0.2) is 4.39 Å². The highest BCUT2D eigenvalue weighted by atomic mass is 19.1. The average Bonchev–Trinajstić information content (AvgIpc) is 3.53. The number of amides is 2. The van der Waals surface area contributed by atoms with Crippen LogP contribution in [0.1, 0.15) is 49.2 Å². The van der Waals surface area contributed by atoms with Crippen molar-refractivity contribution in [2.45, 2.75) is 58.2 Å². The summed E-state index contributed by atoms with van der Waals surface area (Å²) < 4.78 is 23.5. The van der Waals surface area contributed by atoms with E-state index in [9.17, 15) is 18.8 Å². The summed E-state index contributed by atoms with van der Waals surface area (Å²) in [5, 5.41) is 0. The van der Waals surface area contributed by atoms with Crippen LogP contribution in [0.2, 0.25) is 0 Å². The van der Waals surface area contributed by atoms with Crippen molar-refractivity contribution in [3.8, 4) is 0 Å². The molecule has 0 radical (unpaired) electrons. The topological polar surface area (TPSA) is 80.1 Å². The van der Waals surface area contributed by atoms with E-state index < -0.39 is 0 Å². The van der Waals surface area contributed by atoms with Crippen LogP contribution in [0.5, 0.6) is 0 Å². The van der Waals surface area contributed by atoms with Crippen LogP contribution >= 0.6 is 0 Å². The van der Waals surface area contributed by atoms with Crippen molar-refractivity contribution < 1.29 is 27.9 Å². The Kier molecular flexibility index (Phi) is 8.03. The molecule has 0 bridgehead atoms. The zero-order chi connectivity index (χ0) is 23.1. The molecule has 1 fully saturated rings. The number of hydrogen-bond donors (Lipinski definition) is 0. The second-order valence-electron chi connectivity index (χ2n) is 8.07. The summed E-state index contributed by atoms with van der Waals surface area (Å²) in [6.07, 6.45) is 2.47. The number of methoxy groups -OCH3 is 1. The third-order valence-electron chi connectivity index (χ3n) is 5.39. The smallest absolute Gasteiger partial charge is 0.305 e. The molecule has 0 spiro atoms. The molecule has 1 aromatic heterocycles. The molecule has 0 saturated heterocycles. The maximum Gasteiger partial charge on any atom is 0.305 e. The highest BCUT2D eigenvalue weighted by Crippen LogP contribution is 2.28. The molecule has 1 aliphatic carbocycles. The summed E-state index contributed by atoms with van der Waals surface area (Å²) in [7, 11) is 1.32. The molecule has 2 amide bonds. The monoisotopic (exact) mass is 444 g/mol. The fourth-order valence-electron chi connectivity index (χ4n) is 3.48. The van der Waals surface area contributed by atoms with Gasteiger partial charge in [-0.1, -0.05) is 12.1 Å². The zero-order valence-electron chi connectivity index (χ0n) is 18.5. The molecule has 0 unspecified atom stereocenters. The van der Waals surface area contributed by atoms with Gasteiger partial charge in [0.15, 0.2) is 0 Å². The normalized spacial score (nSPS) is 13.0. The van der Waals surface area contributed by atoms with Crippen molar-refractivity contribution >= 4 is 17.8 Å². The molecule has 1 aliphatic rings. The lowest BCUT2D eigenvalue weighted by Gasteiger charge is -2.27. The molecule has 0 N–H and O–H groups in total. The Morgan fingerprint density at radius 2 is 1.75 bits per heavy atom. The zero-order valence-corrected chi connectivity index (χ0v) is 18.5. The molecular formula is C24H29FN2O5. The minimum atomic E-state index is -0.355. The first-order valence-corrected chi connectivity index (χ1v) is 10.8. The quantitative estimate of drug-likeness (QED) is 0.495. The van der Waals surface area contributed by atoms with E-state index in [1.807, 2.05) is 19.1 Å². The van der Waals surface area contributed by atoms with Crippen LogP contribution < -0.4 is 0 Å². The van der Waals surface area contributed by atoms with Gasteiger partial charge in [-0.3, -0.25) is 14.4 Å². The summed E-state index contributed by atoms with van der Waals surface area (Å²) in [5.41, 5.74) is 0.783. The third kappa shape index (κ3) is 6.93. The van der Waals surface area contributed by atoms with Crippen molar-refractivity contribution in [1.29, 1.82) is 0 Å². The number of hydrogen-bond acceptors (Lipinski definition) is 5. The first kappa shape index (κ1) is 23.5. The summed E-state index contributed by atoms with van der Waals surface area (Å²) in [4.78, 5) is 40.5. The van der Waals surface area contributed by atoms with Gasteiger partial charge >= 0.3 is 5.97 Å². The van der Waals surface area contributed by atoms with Crippen molar-refractivity contribution in [3.05, 3.63) is 59.3 Å². The highest BCUT2D eigenvalue weighted by molar-refractivity contribution is 5.85. The molecule has 3 rings (SSSR count). The van der Waals surface area contributed by atoms with Gasteiger partial charge < -0.3 is 19.0 Å². The number of esters is 1. The predicted molar refractivity (Wildman–Crippen MR) is 115 cm³/mol. The van der Waals surface area contributed by atoms with E-state index in [2.05, 4.69) is 4.74 Å². The molecular weight excluding hydrogens is 415 g/mol. The average molecular weight is 445 g/mol. The van der Waals surface area contributed by atoms with E-state index in [0.29, 0.717) is 12.2 Å². The Morgan fingerprint density at radius 1 is 1.03 bits per heavy atom. The molecule has 7 nitrogen and oxygen atoms in total. The Morgan fingerprint density at radius 3 is 2.34 bits per heavy atom. The highest BCUT2D eigenvalue weighted by Gasteiger charge is 2.34. The van der Waals surface area contributed by atoms with Gasteiger partial charge in [0, 0.05) is 25.4 Å². The number of furan rings is 1. The minimum absolute atomic E-state index is 0.0391. The van der Waals surface area contributed by atoms with Crippen LogP contribution in [0, 0.1) is 12.7 Å². The van der Waals surface area contributed by atoms with Crippen LogP contribution in [0.3, 0.4) is 0 Å². The number of carbonyl (C=O) groups excluding carboxylic acids is 3. The van der Waals surface area contributed by atoms with E-state index >= 15 is 0 Å². The number of nitrogens with zero attached hydrogens (tertiary/aromatic N) is 2. The van der Waals surface area contributed by atoms with E-state index in [1.54, 1.807) is 21.9 Å². The number of rotatable bonds is 11. The number of benzene rings is 1. The van der Waals surface area contributed by atoms with E-state index in [4.69, 9.17) is 4.42 Å². The standard InChI is InChI=1S/C24H29FN2O5/c1-17-6-13-21(32-17)15-26(14-18-7-9-19(25)10-8-18)23(29)16-27(20-11-12-20)22(28)4-3-5-24(30)31-2/h6-10,13,20H,3-5,11-12,14-16H2,1-2H3. The van der Waals surface area contributed by atoms with Gasteiger partial charge in [0.25, 0.3) is 0 Å². The van der Waals surface area contributed by atoms with Gasteiger partial charge in [-0.05, 0) is 56.0 Å². The summed E-state index contributed by atoms with van der Waals surface area (Å²) >= 11 is 0. The van der Waals surface area contributed by atoms with Gasteiger partial charge in [-0.2, -0.15) is 0 Å². The van der Waals surface area contributed by atoms with Crippen LogP contribution in [0.25, 0.3) is 0 Å². The largest absolute Gasteiger partial charge is 0.469 e. The van der Waals surface area contributed by atoms with E-state index in [1.165, 1.54) is 19.2 Å². The van der Waals surface area contributed by atoms with Crippen molar-refractivity contribution in [2.24, 2.45) is 0 Å². The molecule has 1 saturated carbocycles. The third-order valence-corrected chi connectivity index (χ3v) is 5.39. The molecule has 1 aromatic carbocycles. The number of halogens is 1. The fraction of sp³-hybridized carbons (Fsp3) is 0.458. The van der Waals surface area contributed by atoms with Crippen LogP contribution in [-0.4, -0.2) is 47.3 Å². The second-order valence-corrected chi connectivity index (χ2v) is 8.07. The Bertz CT molecular complexity index is 936. The van der Waals surface area contributed by atoms with Crippen LogP contribution in [0.15, 0.2) is 40.8 Å². The molecule has 0 atom stereocenters. The van der Waals surface area contributed by atoms with E-state index in [-0.39, 0.29) is 62.1 Å². The number of ether oxygens (including phenoxy) is 1. The molecule has 1 heterocycles. The first-order chi connectivity index (χ1) is 15.4. The van der Waals surface area contributed by atoms with Crippen LogP contribution in [0.4, 0.5) is 4.39 Å². The summed E-state index contributed by atoms with van der Waals surface area (Å²) in [6.45, 7) is 2.31. The van der Waals surface area contributed by atoms with Crippen molar-refractivity contribution in [2.75, 3.05) is 13.7 Å². The summed E-state index contributed by atoms with van der Waals surface area (Å²) in [5.74, 6) is 0.337. The molecule has 172 valence electrons. The molecule has 8 heteroatoms. The second kappa shape index (κ2) is 10.9. The Balaban J connectivity index is 1.67. The predicted octanol–water partition coefficient (Wildman–Crippen LogP) is 3.59. The lowest BCUT2D eigenvalue weighted by atomic mass is 10.2. The van der Waals surface area contributed by atoms with Gasteiger partial charge in [0.05, 0.1) is 13.7 Å².